The van der Waals surface area contributed by atoms with Gasteiger partial charge in [-0.3, -0.25) is 0 Å². The number of nitrogens with zero attached hydrogens (tertiary/aromatic N) is 2. The number of nitrogens with one attached hydrogen (secondary N) is 2. The molecule has 0 spiro atoms. The molecule has 9 heteroatoms. The van der Waals surface area contributed by atoms with E-state index >= 15 is 0 Å². The van der Waals surface area contributed by atoms with Gasteiger partial charge in [0.1, 0.15) is 5.82 Å². The molecule has 1 aromatic heterocycles. The van der Waals surface area contributed by atoms with Gasteiger partial charge in [-0.25, -0.2) is 18.6 Å². The minimum Gasteiger partial charge on any atom is -0.461 e. The quantitative estimate of drug-likeness (QED) is 0.282. The normalized spacial score (nSPS) is 15.6. The molecule has 0 atom stereocenters. The fourth-order valence-corrected chi connectivity index (χ4v) is 4.73. The van der Waals surface area contributed by atoms with E-state index in [0.717, 1.165) is 55.7 Å². The van der Waals surface area contributed by atoms with E-state index in [0.29, 0.717) is 30.1 Å². The number of halogens is 2. The fourth-order valence-electron chi connectivity index (χ4n) is 4.73. The highest BCUT2D eigenvalue weighted by molar-refractivity contribution is 6.11. The highest BCUT2D eigenvalue weighted by Crippen LogP contribution is 2.38. The maximum Gasteiger partial charge on any atom is 0.357 e. The molecule has 3 aromatic rings. The van der Waals surface area contributed by atoms with Crippen molar-refractivity contribution in [3.8, 4) is 11.1 Å². The molecular formula is C29H30F2N4O3. The summed E-state index contributed by atoms with van der Waals surface area (Å²) in [6.07, 6.45) is 2.81. The highest BCUT2D eigenvalue weighted by Gasteiger charge is 2.29. The van der Waals surface area contributed by atoms with E-state index in [-0.39, 0.29) is 29.7 Å². The van der Waals surface area contributed by atoms with E-state index in [9.17, 15) is 13.6 Å². The maximum atomic E-state index is 14.0. The number of hydrogen-bond acceptors (Lipinski definition) is 7. The lowest BCUT2D eigenvalue weighted by Crippen LogP contribution is -2.36. The summed E-state index contributed by atoms with van der Waals surface area (Å²) in [6, 6.07) is 13.1. The molecule has 0 unspecified atom stereocenters. The van der Waals surface area contributed by atoms with E-state index in [1.807, 2.05) is 24.3 Å². The molecule has 2 aromatic carbocycles. The molecule has 38 heavy (non-hydrogen) atoms. The molecule has 5 rings (SSSR count). The average molecular weight is 521 g/mol. The second-order valence-electron chi connectivity index (χ2n) is 9.44. The van der Waals surface area contributed by atoms with Crippen molar-refractivity contribution in [3.63, 3.8) is 0 Å². The molecule has 0 amide bonds. The molecule has 2 N–H and O–H groups in total. The molecule has 198 valence electrons. The van der Waals surface area contributed by atoms with Gasteiger partial charge in [0.2, 0.25) is 0 Å². The standard InChI is InChI=1S/C29H30F2N4O3/c1-2-38-29(36)25-17-22(18-6-9-21(10-7-18)35-12-14-37-15-13-35)26(27(32)19-4-3-5-19)28(34-25)33-20-8-11-23(30)24(31)16-20/h6-11,16-17,19,32H,2-5,12-15H2,1H3,(H,33,34). The van der Waals surface area contributed by atoms with Gasteiger partial charge in [-0.1, -0.05) is 18.6 Å². The van der Waals surface area contributed by atoms with Crippen molar-refractivity contribution in [3.05, 3.63) is 71.4 Å². The Balaban J connectivity index is 1.62. The third-order valence-corrected chi connectivity index (χ3v) is 7.02. The Morgan fingerprint density at radius 3 is 2.47 bits per heavy atom. The van der Waals surface area contributed by atoms with Gasteiger partial charge >= 0.3 is 5.97 Å². The Bertz CT molecular complexity index is 1340. The summed E-state index contributed by atoms with van der Waals surface area (Å²) in [7, 11) is 0. The number of pyridine rings is 1. The van der Waals surface area contributed by atoms with Gasteiger partial charge in [-0.2, -0.15) is 0 Å². The third-order valence-electron chi connectivity index (χ3n) is 7.02. The molecule has 0 bridgehead atoms. The number of benzene rings is 2. The first kappa shape index (κ1) is 25.8. The Morgan fingerprint density at radius 2 is 1.84 bits per heavy atom. The van der Waals surface area contributed by atoms with Gasteiger partial charge in [0.15, 0.2) is 17.3 Å². The number of ether oxygens (including phenoxy) is 2. The first-order valence-corrected chi connectivity index (χ1v) is 12.9. The predicted octanol–water partition coefficient (Wildman–Crippen LogP) is 5.95. The lowest BCUT2D eigenvalue weighted by molar-refractivity contribution is 0.0519. The van der Waals surface area contributed by atoms with Gasteiger partial charge in [0, 0.05) is 47.7 Å². The van der Waals surface area contributed by atoms with Crippen LogP contribution in [0.1, 0.15) is 42.2 Å². The zero-order chi connectivity index (χ0) is 26.6. The molecule has 2 fully saturated rings. The molecule has 1 aliphatic carbocycles. The topological polar surface area (TPSA) is 87.5 Å². The average Bonchev–Trinajstić information content (AvgIpc) is 2.90. The van der Waals surface area contributed by atoms with Crippen LogP contribution < -0.4 is 10.2 Å². The Hall–Kier alpha value is -3.85. The molecule has 2 aliphatic rings. The molecule has 1 aliphatic heterocycles. The van der Waals surface area contributed by atoms with Crippen LogP contribution in [-0.4, -0.2) is 49.6 Å². The van der Waals surface area contributed by atoms with E-state index in [4.69, 9.17) is 14.9 Å². The van der Waals surface area contributed by atoms with Gasteiger partial charge in [-0.15, -0.1) is 0 Å². The molecule has 1 saturated heterocycles. The van der Waals surface area contributed by atoms with Crippen molar-refractivity contribution in [2.24, 2.45) is 5.92 Å². The zero-order valence-electron chi connectivity index (χ0n) is 21.2. The van der Waals surface area contributed by atoms with Crippen LogP contribution in [0.15, 0.2) is 48.5 Å². The van der Waals surface area contributed by atoms with E-state index in [2.05, 4.69) is 15.2 Å². The number of hydrogen-bond donors (Lipinski definition) is 2. The molecular weight excluding hydrogens is 490 g/mol. The second kappa shape index (κ2) is 11.3. The van der Waals surface area contributed by atoms with Crippen LogP contribution in [0.4, 0.5) is 26.0 Å². The van der Waals surface area contributed by atoms with Gasteiger partial charge < -0.3 is 25.1 Å². The zero-order valence-corrected chi connectivity index (χ0v) is 21.2. The Morgan fingerprint density at radius 1 is 1.11 bits per heavy atom. The van der Waals surface area contributed by atoms with Crippen LogP contribution in [0.2, 0.25) is 0 Å². The lowest BCUT2D eigenvalue weighted by atomic mass is 9.78. The second-order valence-corrected chi connectivity index (χ2v) is 9.44. The smallest absolute Gasteiger partial charge is 0.357 e. The summed E-state index contributed by atoms with van der Waals surface area (Å²) in [4.78, 5) is 19.5. The number of carbonyl (C=O) groups excluding carboxylic acids is 1. The van der Waals surface area contributed by atoms with E-state index in [1.165, 1.54) is 6.07 Å². The van der Waals surface area contributed by atoms with Crippen molar-refractivity contribution in [2.45, 2.75) is 26.2 Å². The number of carbonyl (C=O) groups is 1. The first-order chi connectivity index (χ1) is 18.4. The van der Waals surface area contributed by atoms with Crippen molar-refractivity contribution < 1.29 is 23.0 Å². The van der Waals surface area contributed by atoms with Crippen LogP contribution in [0.3, 0.4) is 0 Å². The number of morpholine rings is 1. The Kier molecular flexibility index (Phi) is 7.64. The van der Waals surface area contributed by atoms with Gasteiger partial charge in [0.25, 0.3) is 0 Å². The molecule has 7 nitrogen and oxygen atoms in total. The van der Waals surface area contributed by atoms with Crippen LogP contribution in [0, 0.1) is 23.0 Å². The lowest BCUT2D eigenvalue weighted by Gasteiger charge is -2.30. The maximum absolute atomic E-state index is 14.0. The van der Waals surface area contributed by atoms with E-state index < -0.39 is 17.6 Å². The van der Waals surface area contributed by atoms with Crippen LogP contribution in [-0.2, 0) is 9.47 Å². The number of aromatic nitrogens is 1. The summed E-state index contributed by atoms with van der Waals surface area (Å²) < 4.78 is 38.3. The molecule has 1 saturated carbocycles. The predicted molar refractivity (Wildman–Crippen MR) is 142 cm³/mol. The van der Waals surface area contributed by atoms with Gasteiger partial charge in [-0.05, 0) is 61.2 Å². The van der Waals surface area contributed by atoms with Crippen molar-refractivity contribution in [2.75, 3.05) is 43.1 Å². The summed E-state index contributed by atoms with van der Waals surface area (Å²) in [5.41, 5.74) is 3.78. The third kappa shape index (κ3) is 5.38. The Labute approximate surface area is 220 Å². The summed E-state index contributed by atoms with van der Waals surface area (Å²) in [6.45, 7) is 4.86. The minimum absolute atomic E-state index is 0.0575. The SMILES string of the molecule is CCOC(=O)c1cc(-c2ccc(N3CCOCC3)cc2)c(C(=N)C2CCC2)c(Nc2ccc(F)c(F)c2)n1. The largest absolute Gasteiger partial charge is 0.461 e. The summed E-state index contributed by atoms with van der Waals surface area (Å²) in [5, 5.41) is 12.1. The van der Waals surface area contributed by atoms with Gasteiger partial charge in [0.05, 0.1) is 19.8 Å². The fraction of sp³-hybridized carbons (Fsp3) is 0.345. The number of esters is 1. The molecule has 0 radical (unpaired) electrons. The minimum atomic E-state index is -1.01. The molecule has 2 heterocycles. The summed E-state index contributed by atoms with van der Waals surface area (Å²) in [5.74, 6) is -2.29. The first-order valence-electron chi connectivity index (χ1n) is 12.9. The van der Waals surface area contributed by atoms with Crippen molar-refractivity contribution in [1.82, 2.24) is 4.98 Å². The number of anilines is 3. The van der Waals surface area contributed by atoms with Crippen molar-refractivity contribution in [1.29, 1.82) is 5.41 Å². The monoisotopic (exact) mass is 520 g/mol. The number of rotatable bonds is 8. The van der Waals surface area contributed by atoms with Crippen LogP contribution in [0.25, 0.3) is 11.1 Å². The highest BCUT2D eigenvalue weighted by atomic mass is 19.2. The van der Waals surface area contributed by atoms with Crippen molar-refractivity contribution >= 4 is 28.9 Å². The van der Waals surface area contributed by atoms with E-state index in [1.54, 1.807) is 13.0 Å². The van der Waals surface area contributed by atoms with Crippen LogP contribution >= 0.6 is 0 Å². The summed E-state index contributed by atoms with van der Waals surface area (Å²) >= 11 is 0. The van der Waals surface area contributed by atoms with Crippen LogP contribution in [0.5, 0.6) is 0 Å².